The highest BCUT2D eigenvalue weighted by Gasteiger charge is 2.20. The lowest BCUT2D eigenvalue weighted by Crippen LogP contribution is -2.43. The molecule has 5 nitrogen and oxygen atoms in total. The van der Waals surface area contributed by atoms with Gasteiger partial charge < -0.3 is 16.2 Å². The Morgan fingerprint density at radius 1 is 1.37 bits per heavy atom. The average Bonchev–Trinajstić information content (AvgIpc) is 2.36. The zero-order valence-corrected chi connectivity index (χ0v) is 11.4. The summed E-state index contributed by atoms with van der Waals surface area (Å²) in [5.74, 6) is -1.56. The topological polar surface area (TPSA) is 92.4 Å². The molecule has 1 rings (SSSR count). The van der Waals surface area contributed by atoms with Gasteiger partial charge in [0.1, 0.15) is 0 Å². The zero-order chi connectivity index (χ0) is 14.4. The van der Waals surface area contributed by atoms with E-state index in [-0.39, 0.29) is 12.5 Å². The van der Waals surface area contributed by atoms with Crippen molar-refractivity contribution in [1.29, 1.82) is 0 Å². The molecule has 1 amide bonds. The molecule has 0 aliphatic carbocycles. The molecule has 2 unspecified atom stereocenters. The largest absolute Gasteiger partial charge is 0.481 e. The summed E-state index contributed by atoms with van der Waals surface area (Å²) in [7, 11) is 0. The first-order valence-corrected chi connectivity index (χ1v) is 6.35. The van der Waals surface area contributed by atoms with Crippen LogP contribution in [0.1, 0.15) is 31.4 Å². The maximum Gasteiger partial charge on any atom is 0.305 e. The normalized spacial score (nSPS) is 13.6. The molecule has 2 atom stereocenters. The van der Waals surface area contributed by atoms with Gasteiger partial charge in [-0.15, -0.1) is 0 Å². The monoisotopic (exact) mass is 284 g/mol. The summed E-state index contributed by atoms with van der Waals surface area (Å²) in [4.78, 5) is 22.3. The van der Waals surface area contributed by atoms with Gasteiger partial charge >= 0.3 is 5.97 Å². The number of carbonyl (C=O) groups is 2. The molecule has 0 saturated heterocycles. The van der Waals surface area contributed by atoms with Crippen molar-refractivity contribution in [3.8, 4) is 0 Å². The van der Waals surface area contributed by atoms with Crippen LogP contribution in [-0.2, 0) is 9.59 Å². The second-order valence-electron chi connectivity index (χ2n) is 4.23. The third-order valence-electron chi connectivity index (χ3n) is 2.73. The van der Waals surface area contributed by atoms with Crippen LogP contribution in [0.3, 0.4) is 0 Å². The average molecular weight is 285 g/mol. The number of benzene rings is 1. The fraction of sp³-hybridized carbons (Fsp3) is 0.385. The predicted molar refractivity (Wildman–Crippen MR) is 72.9 cm³/mol. The number of hydrogen-bond acceptors (Lipinski definition) is 3. The Hall–Kier alpha value is -1.59. The zero-order valence-electron chi connectivity index (χ0n) is 10.6. The van der Waals surface area contributed by atoms with Gasteiger partial charge in [0.05, 0.1) is 18.5 Å². The van der Waals surface area contributed by atoms with E-state index in [1.54, 1.807) is 12.1 Å². The molecule has 0 aromatic heterocycles. The van der Waals surface area contributed by atoms with E-state index in [0.29, 0.717) is 11.4 Å². The molecule has 0 spiro atoms. The summed E-state index contributed by atoms with van der Waals surface area (Å²) in [6.45, 7) is 1.92. The lowest BCUT2D eigenvalue weighted by atomic mass is 10.0. The third-order valence-corrected chi connectivity index (χ3v) is 2.98. The second-order valence-corrected chi connectivity index (χ2v) is 4.66. The molecule has 1 aromatic rings. The molecule has 4 N–H and O–H groups in total. The maximum atomic E-state index is 11.8. The number of carboxylic acid groups (broad SMARTS) is 1. The Balaban J connectivity index is 2.69. The van der Waals surface area contributed by atoms with Gasteiger partial charge in [-0.3, -0.25) is 9.59 Å². The van der Waals surface area contributed by atoms with Gasteiger partial charge in [0.2, 0.25) is 5.91 Å². The Kier molecular flexibility index (Phi) is 5.79. The lowest BCUT2D eigenvalue weighted by Gasteiger charge is -2.19. The van der Waals surface area contributed by atoms with E-state index in [0.717, 1.165) is 5.56 Å². The minimum absolute atomic E-state index is 0.204. The highest BCUT2D eigenvalue weighted by molar-refractivity contribution is 6.30. The number of halogens is 1. The molecule has 104 valence electrons. The molecule has 0 aliphatic heterocycles. The number of rotatable bonds is 6. The van der Waals surface area contributed by atoms with Gasteiger partial charge in [0, 0.05) is 5.02 Å². The number of nitrogens with two attached hydrogens (primary N) is 1. The van der Waals surface area contributed by atoms with Crippen LogP contribution in [0.25, 0.3) is 0 Å². The van der Waals surface area contributed by atoms with Crippen LogP contribution in [0.4, 0.5) is 0 Å². The number of carbonyl (C=O) groups excluding carboxylic acids is 1. The molecule has 6 heteroatoms. The highest BCUT2D eigenvalue weighted by atomic mass is 35.5. The summed E-state index contributed by atoms with van der Waals surface area (Å²) in [5, 5.41) is 12.0. The second kappa shape index (κ2) is 7.11. The molecule has 0 bridgehead atoms. The number of amides is 1. The van der Waals surface area contributed by atoms with Gasteiger partial charge in [-0.05, 0) is 24.1 Å². The molecule has 19 heavy (non-hydrogen) atoms. The summed E-state index contributed by atoms with van der Waals surface area (Å²) in [6.07, 6.45) is 0.288. The Morgan fingerprint density at radius 3 is 2.42 bits per heavy atom. The van der Waals surface area contributed by atoms with Crippen molar-refractivity contribution in [2.45, 2.75) is 31.8 Å². The Morgan fingerprint density at radius 2 is 1.95 bits per heavy atom. The van der Waals surface area contributed by atoms with E-state index < -0.39 is 17.9 Å². The first-order valence-electron chi connectivity index (χ1n) is 5.97. The number of nitrogens with one attached hydrogen (secondary N) is 1. The van der Waals surface area contributed by atoms with Crippen molar-refractivity contribution >= 4 is 23.5 Å². The van der Waals surface area contributed by atoms with Crippen LogP contribution in [0.2, 0.25) is 5.02 Å². The Labute approximate surface area is 116 Å². The van der Waals surface area contributed by atoms with E-state index in [1.165, 1.54) is 0 Å². The van der Waals surface area contributed by atoms with Crippen molar-refractivity contribution in [3.63, 3.8) is 0 Å². The molecule has 0 saturated carbocycles. The summed E-state index contributed by atoms with van der Waals surface area (Å²) in [6, 6.07) is 5.87. The van der Waals surface area contributed by atoms with E-state index in [9.17, 15) is 9.59 Å². The molecule has 0 radical (unpaired) electrons. The fourth-order valence-corrected chi connectivity index (χ4v) is 1.80. The van der Waals surface area contributed by atoms with E-state index in [4.69, 9.17) is 22.4 Å². The molecule has 1 aromatic carbocycles. The lowest BCUT2D eigenvalue weighted by molar-refractivity contribution is -0.139. The van der Waals surface area contributed by atoms with Crippen LogP contribution < -0.4 is 11.1 Å². The van der Waals surface area contributed by atoms with Gasteiger partial charge in [0.25, 0.3) is 0 Å². The summed E-state index contributed by atoms with van der Waals surface area (Å²) < 4.78 is 0. The van der Waals surface area contributed by atoms with E-state index in [1.807, 2.05) is 19.1 Å². The van der Waals surface area contributed by atoms with Crippen LogP contribution in [0, 0.1) is 0 Å². The van der Waals surface area contributed by atoms with Crippen molar-refractivity contribution in [2.24, 2.45) is 5.73 Å². The smallest absolute Gasteiger partial charge is 0.305 e. The number of carboxylic acids is 1. The van der Waals surface area contributed by atoms with Crippen molar-refractivity contribution in [2.75, 3.05) is 0 Å². The quantitative estimate of drug-likeness (QED) is 0.741. The highest BCUT2D eigenvalue weighted by Crippen LogP contribution is 2.19. The van der Waals surface area contributed by atoms with Crippen molar-refractivity contribution in [3.05, 3.63) is 34.9 Å². The third kappa shape index (κ3) is 4.89. The minimum Gasteiger partial charge on any atom is -0.481 e. The molecular weight excluding hydrogens is 268 g/mol. The number of aliphatic carboxylic acids is 1. The predicted octanol–water partition coefficient (Wildman–Crippen LogP) is 1.71. The summed E-state index contributed by atoms with van der Waals surface area (Å²) in [5.41, 5.74) is 6.41. The van der Waals surface area contributed by atoms with Crippen LogP contribution in [-0.4, -0.2) is 23.0 Å². The van der Waals surface area contributed by atoms with Crippen LogP contribution >= 0.6 is 11.6 Å². The first-order chi connectivity index (χ1) is 8.93. The Bertz CT molecular complexity index is 448. The first kappa shape index (κ1) is 15.5. The van der Waals surface area contributed by atoms with Crippen molar-refractivity contribution in [1.82, 2.24) is 5.32 Å². The van der Waals surface area contributed by atoms with Gasteiger partial charge in [-0.2, -0.15) is 0 Å². The molecular formula is C13H17ClN2O3. The fourth-order valence-electron chi connectivity index (χ4n) is 1.68. The van der Waals surface area contributed by atoms with Crippen molar-refractivity contribution < 1.29 is 14.7 Å². The van der Waals surface area contributed by atoms with Gasteiger partial charge in [-0.1, -0.05) is 30.7 Å². The van der Waals surface area contributed by atoms with E-state index in [2.05, 4.69) is 5.32 Å². The minimum atomic E-state index is -1.10. The maximum absolute atomic E-state index is 11.8. The molecule has 0 aliphatic rings. The standard InChI is InChI=1S/C13H17ClN2O3/c1-2-11(8-3-5-9(14)6-4-8)16-13(19)10(15)7-12(17)18/h3-6,10-11H,2,7,15H2,1H3,(H,16,19)(H,17,18). The SMILES string of the molecule is CCC(NC(=O)C(N)CC(=O)O)c1ccc(Cl)cc1. The summed E-state index contributed by atoms with van der Waals surface area (Å²) >= 11 is 5.80. The van der Waals surface area contributed by atoms with E-state index >= 15 is 0 Å². The van der Waals surface area contributed by atoms with Gasteiger partial charge in [0.15, 0.2) is 0 Å². The molecule has 0 fully saturated rings. The molecule has 0 heterocycles. The number of hydrogen-bond donors (Lipinski definition) is 3. The van der Waals surface area contributed by atoms with Crippen LogP contribution in [0.5, 0.6) is 0 Å². The van der Waals surface area contributed by atoms with Gasteiger partial charge in [-0.25, -0.2) is 0 Å². The van der Waals surface area contributed by atoms with Crippen LogP contribution in [0.15, 0.2) is 24.3 Å².